The first kappa shape index (κ1) is 18.9. The first-order valence-electron chi connectivity index (χ1n) is 8.92. The third-order valence-corrected chi connectivity index (χ3v) is 4.64. The first-order valence-corrected chi connectivity index (χ1v) is 9.30. The van der Waals surface area contributed by atoms with E-state index in [2.05, 4.69) is 10.4 Å². The number of carbonyl (C=O) groups excluding carboxylic acids is 1. The maximum atomic E-state index is 12.4. The molecule has 1 aromatic heterocycles. The monoisotopic (exact) mass is 377 g/mol. The van der Waals surface area contributed by atoms with Gasteiger partial charge in [0.1, 0.15) is 11.9 Å². The van der Waals surface area contributed by atoms with Gasteiger partial charge in [0.15, 0.2) is 0 Å². The molecule has 140 valence electrons. The molecule has 1 fully saturated rings. The van der Waals surface area contributed by atoms with Crippen molar-refractivity contribution in [3.05, 3.63) is 47.1 Å². The van der Waals surface area contributed by atoms with E-state index in [-0.39, 0.29) is 12.0 Å². The third kappa shape index (κ3) is 5.30. The number of amides is 1. The van der Waals surface area contributed by atoms with Crippen LogP contribution in [0.5, 0.6) is 0 Å². The Labute approximate surface area is 158 Å². The Morgan fingerprint density at radius 2 is 2.19 bits per heavy atom. The van der Waals surface area contributed by atoms with Gasteiger partial charge in [-0.15, -0.1) is 0 Å². The van der Waals surface area contributed by atoms with Gasteiger partial charge in [0.2, 0.25) is 0 Å². The van der Waals surface area contributed by atoms with Crippen LogP contribution < -0.4 is 5.32 Å². The summed E-state index contributed by atoms with van der Waals surface area (Å²) in [6.45, 7) is 3.51. The van der Waals surface area contributed by atoms with Crippen molar-refractivity contribution >= 4 is 23.3 Å². The maximum absolute atomic E-state index is 12.4. The van der Waals surface area contributed by atoms with E-state index in [1.807, 2.05) is 24.3 Å². The van der Waals surface area contributed by atoms with Crippen LogP contribution in [-0.4, -0.2) is 41.1 Å². The molecular weight excluding hydrogens is 354 g/mol. The molecule has 7 heteroatoms. The second-order valence-corrected chi connectivity index (χ2v) is 6.89. The van der Waals surface area contributed by atoms with Crippen molar-refractivity contribution in [1.29, 1.82) is 0 Å². The largest absolute Gasteiger partial charge is 0.376 e. The summed E-state index contributed by atoms with van der Waals surface area (Å²) in [4.78, 5) is 12.4. The molecule has 1 aliphatic rings. The molecule has 0 spiro atoms. The summed E-state index contributed by atoms with van der Waals surface area (Å²) in [6, 6.07) is 9.31. The van der Waals surface area contributed by atoms with Gasteiger partial charge in [0.05, 0.1) is 25.5 Å². The quantitative estimate of drug-likeness (QED) is 0.802. The van der Waals surface area contributed by atoms with Crippen LogP contribution in [0, 0.1) is 0 Å². The predicted octanol–water partition coefficient (Wildman–Crippen LogP) is 3.50. The highest BCUT2D eigenvalue weighted by Crippen LogP contribution is 2.15. The molecule has 1 amide bonds. The summed E-state index contributed by atoms with van der Waals surface area (Å²) in [5.74, 6) is 0.438. The predicted molar refractivity (Wildman–Crippen MR) is 100 cm³/mol. The number of ether oxygens (including phenoxy) is 2. The number of halogens is 1. The number of aromatic nitrogens is 2. The van der Waals surface area contributed by atoms with Gasteiger partial charge in [0.25, 0.3) is 5.91 Å². The number of benzene rings is 1. The van der Waals surface area contributed by atoms with Crippen molar-refractivity contribution in [2.75, 3.05) is 18.5 Å². The lowest BCUT2D eigenvalue weighted by molar-refractivity contribution is -0.130. The van der Waals surface area contributed by atoms with Crippen molar-refractivity contribution in [2.45, 2.75) is 44.9 Å². The first-order chi connectivity index (χ1) is 12.6. The van der Waals surface area contributed by atoms with E-state index in [4.69, 9.17) is 21.1 Å². The van der Waals surface area contributed by atoms with E-state index >= 15 is 0 Å². The number of rotatable bonds is 7. The highest BCUT2D eigenvalue weighted by molar-refractivity contribution is 6.30. The fourth-order valence-electron chi connectivity index (χ4n) is 2.82. The molecular formula is C19H24ClN3O3. The van der Waals surface area contributed by atoms with Crippen molar-refractivity contribution in [3.8, 4) is 0 Å². The van der Waals surface area contributed by atoms with Crippen LogP contribution in [0.1, 0.15) is 31.7 Å². The Hall–Kier alpha value is -1.89. The number of anilines is 1. The Morgan fingerprint density at radius 1 is 1.38 bits per heavy atom. The van der Waals surface area contributed by atoms with Gasteiger partial charge in [0, 0.05) is 17.7 Å². The standard InChI is InChI=1S/C19H24ClN3O3/c1-14(26-13-17-4-2-3-11-25-17)19(24)22-18-9-10-21-23(18)12-15-5-7-16(20)8-6-15/h5-10,14,17H,2-4,11-13H2,1H3,(H,22,24). The smallest absolute Gasteiger partial charge is 0.254 e. The summed E-state index contributed by atoms with van der Waals surface area (Å²) in [5.41, 5.74) is 1.05. The minimum absolute atomic E-state index is 0.0921. The second kappa shape index (κ2) is 9.16. The number of carbonyl (C=O) groups is 1. The van der Waals surface area contributed by atoms with Crippen molar-refractivity contribution in [3.63, 3.8) is 0 Å². The Balaban J connectivity index is 1.52. The fraction of sp³-hybridized carbons (Fsp3) is 0.474. The molecule has 0 saturated carbocycles. The summed E-state index contributed by atoms with van der Waals surface area (Å²) in [6.07, 6.45) is 4.44. The second-order valence-electron chi connectivity index (χ2n) is 6.45. The molecule has 0 radical (unpaired) electrons. The van der Waals surface area contributed by atoms with Crippen LogP contribution in [0.25, 0.3) is 0 Å². The minimum atomic E-state index is -0.556. The average molecular weight is 378 g/mol. The highest BCUT2D eigenvalue weighted by Gasteiger charge is 2.19. The van der Waals surface area contributed by atoms with E-state index in [1.54, 1.807) is 23.9 Å². The van der Waals surface area contributed by atoms with Crippen LogP contribution in [-0.2, 0) is 20.8 Å². The molecule has 2 aromatic rings. The Bertz CT molecular complexity index is 711. The molecule has 0 bridgehead atoms. The fourth-order valence-corrected chi connectivity index (χ4v) is 2.95. The number of hydrogen-bond donors (Lipinski definition) is 1. The SMILES string of the molecule is CC(OCC1CCCCO1)C(=O)Nc1ccnn1Cc1ccc(Cl)cc1. The summed E-state index contributed by atoms with van der Waals surface area (Å²) < 4.78 is 13.0. The van der Waals surface area contributed by atoms with Crippen LogP contribution >= 0.6 is 11.6 Å². The normalized spacial score (nSPS) is 18.5. The number of nitrogens with one attached hydrogen (secondary N) is 1. The molecule has 1 N–H and O–H groups in total. The summed E-state index contributed by atoms with van der Waals surface area (Å²) >= 11 is 5.91. The zero-order chi connectivity index (χ0) is 18.4. The van der Waals surface area contributed by atoms with E-state index in [0.29, 0.717) is 24.0 Å². The van der Waals surface area contributed by atoms with Gasteiger partial charge < -0.3 is 14.8 Å². The topological polar surface area (TPSA) is 65.4 Å². The molecule has 1 aromatic carbocycles. The van der Waals surface area contributed by atoms with Gasteiger partial charge in [-0.3, -0.25) is 4.79 Å². The molecule has 26 heavy (non-hydrogen) atoms. The van der Waals surface area contributed by atoms with Crippen LogP contribution in [0.15, 0.2) is 36.5 Å². The van der Waals surface area contributed by atoms with Crippen molar-refractivity contribution < 1.29 is 14.3 Å². The molecule has 0 aliphatic carbocycles. The molecule has 1 aliphatic heterocycles. The summed E-state index contributed by atoms with van der Waals surface area (Å²) in [7, 11) is 0. The highest BCUT2D eigenvalue weighted by atomic mass is 35.5. The van der Waals surface area contributed by atoms with Gasteiger partial charge in [-0.2, -0.15) is 5.10 Å². The van der Waals surface area contributed by atoms with E-state index in [1.165, 1.54) is 0 Å². The zero-order valence-electron chi connectivity index (χ0n) is 14.9. The number of hydrogen-bond acceptors (Lipinski definition) is 4. The van der Waals surface area contributed by atoms with Crippen molar-refractivity contribution in [2.24, 2.45) is 0 Å². The van der Waals surface area contributed by atoms with E-state index in [0.717, 1.165) is 31.4 Å². The van der Waals surface area contributed by atoms with Gasteiger partial charge in [-0.05, 0) is 43.9 Å². The zero-order valence-corrected chi connectivity index (χ0v) is 15.6. The van der Waals surface area contributed by atoms with Crippen LogP contribution in [0.2, 0.25) is 5.02 Å². The average Bonchev–Trinajstić information content (AvgIpc) is 3.09. The van der Waals surface area contributed by atoms with E-state index in [9.17, 15) is 4.79 Å². The molecule has 1 saturated heterocycles. The van der Waals surface area contributed by atoms with Crippen LogP contribution in [0.4, 0.5) is 5.82 Å². The van der Waals surface area contributed by atoms with Gasteiger partial charge >= 0.3 is 0 Å². The third-order valence-electron chi connectivity index (χ3n) is 4.39. The molecule has 2 unspecified atom stereocenters. The molecule has 2 heterocycles. The molecule has 2 atom stereocenters. The molecule has 3 rings (SSSR count). The lowest BCUT2D eigenvalue weighted by Gasteiger charge is -2.23. The molecule has 6 nitrogen and oxygen atoms in total. The van der Waals surface area contributed by atoms with Crippen LogP contribution in [0.3, 0.4) is 0 Å². The Morgan fingerprint density at radius 3 is 2.92 bits per heavy atom. The van der Waals surface area contributed by atoms with Gasteiger partial charge in [-0.25, -0.2) is 4.68 Å². The van der Waals surface area contributed by atoms with Gasteiger partial charge in [-0.1, -0.05) is 23.7 Å². The minimum Gasteiger partial charge on any atom is -0.376 e. The summed E-state index contributed by atoms with van der Waals surface area (Å²) in [5, 5.41) is 7.84. The number of nitrogens with zero attached hydrogens (tertiary/aromatic N) is 2. The van der Waals surface area contributed by atoms with Crippen molar-refractivity contribution in [1.82, 2.24) is 9.78 Å². The maximum Gasteiger partial charge on any atom is 0.254 e. The lowest BCUT2D eigenvalue weighted by atomic mass is 10.1. The Kier molecular flexibility index (Phi) is 6.66. The van der Waals surface area contributed by atoms with E-state index < -0.39 is 6.10 Å². The lowest BCUT2D eigenvalue weighted by Crippen LogP contribution is -2.33.